The number of para-hydroxylation sites is 1. The van der Waals surface area contributed by atoms with Gasteiger partial charge >= 0.3 is 5.69 Å². The first kappa shape index (κ1) is 14.1. The molecule has 1 aromatic rings. The van der Waals surface area contributed by atoms with Gasteiger partial charge in [-0.2, -0.15) is 0 Å². The second-order valence-electron chi connectivity index (χ2n) is 5.35. The van der Waals surface area contributed by atoms with Gasteiger partial charge in [-0.1, -0.05) is 31.5 Å². The molecule has 0 N–H and O–H groups in total. The Morgan fingerprint density at radius 3 is 2.68 bits per heavy atom. The average molecular weight is 284 g/mol. The molecule has 0 saturated heterocycles. The fraction of sp³-hybridized carbons (Fsp3) is 0.571. The van der Waals surface area contributed by atoms with Crippen molar-refractivity contribution in [2.45, 2.75) is 39.2 Å². The molecule has 0 aromatic heterocycles. The van der Waals surface area contributed by atoms with Gasteiger partial charge in [-0.15, -0.1) is 0 Å². The number of halogens is 1. The Kier molecular flexibility index (Phi) is 4.30. The Morgan fingerprint density at radius 2 is 2.05 bits per heavy atom. The summed E-state index contributed by atoms with van der Waals surface area (Å²) in [7, 11) is 0. The summed E-state index contributed by atoms with van der Waals surface area (Å²) >= 11 is 5.87. The maximum Gasteiger partial charge on any atom is 0.329 e. The molecule has 1 aromatic carbocycles. The molecule has 0 radical (unpaired) electrons. The molecule has 1 saturated carbocycles. The molecular formula is C14H18ClNO3. The average Bonchev–Trinajstić information content (AvgIpc) is 2.33. The smallest absolute Gasteiger partial charge is 0.329 e. The first-order valence-electron chi connectivity index (χ1n) is 6.58. The van der Waals surface area contributed by atoms with Gasteiger partial charge in [0.25, 0.3) is 0 Å². The minimum absolute atomic E-state index is 0.0448. The number of hydrogen-bond acceptors (Lipinski definition) is 3. The molecule has 1 aliphatic rings. The topological polar surface area (TPSA) is 52.4 Å². The van der Waals surface area contributed by atoms with Crippen LogP contribution in [0.5, 0.6) is 5.75 Å². The lowest BCUT2D eigenvalue weighted by Crippen LogP contribution is -2.28. The summed E-state index contributed by atoms with van der Waals surface area (Å²) < 4.78 is 5.82. The third-order valence-corrected chi connectivity index (χ3v) is 4.28. The number of hydrogen-bond donors (Lipinski definition) is 0. The highest BCUT2D eigenvalue weighted by molar-refractivity contribution is 6.32. The van der Waals surface area contributed by atoms with Crippen LogP contribution in [0, 0.1) is 22.0 Å². The Bertz CT molecular complexity index is 478. The SMILES string of the molecule is CC1CCC(Oc2cccc(Cl)c2[N+](=O)[O-])CC1C. The molecule has 0 bridgehead atoms. The number of nitrogens with zero attached hydrogens (tertiary/aromatic N) is 1. The van der Waals surface area contributed by atoms with Gasteiger partial charge in [-0.05, 0) is 43.2 Å². The van der Waals surface area contributed by atoms with Crippen LogP contribution >= 0.6 is 11.6 Å². The van der Waals surface area contributed by atoms with E-state index < -0.39 is 4.92 Å². The van der Waals surface area contributed by atoms with Crippen LogP contribution in [-0.4, -0.2) is 11.0 Å². The molecule has 0 spiro atoms. The van der Waals surface area contributed by atoms with E-state index in [1.807, 2.05) is 0 Å². The lowest BCUT2D eigenvalue weighted by Gasteiger charge is -2.32. The predicted octanol–water partition coefficient (Wildman–Crippen LogP) is 4.45. The fourth-order valence-corrected chi connectivity index (χ4v) is 2.79. The van der Waals surface area contributed by atoms with E-state index in [2.05, 4.69) is 13.8 Å². The van der Waals surface area contributed by atoms with E-state index in [0.717, 1.165) is 19.3 Å². The van der Waals surface area contributed by atoms with Crippen LogP contribution in [0.2, 0.25) is 5.02 Å². The molecule has 0 aliphatic heterocycles. The van der Waals surface area contributed by atoms with E-state index >= 15 is 0 Å². The molecule has 0 heterocycles. The number of rotatable bonds is 3. The van der Waals surface area contributed by atoms with Crippen molar-refractivity contribution in [1.29, 1.82) is 0 Å². The van der Waals surface area contributed by atoms with Crippen molar-refractivity contribution >= 4 is 17.3 Å². The van der Waals surface area contributed by atoms with Gasteiger partial charge in [0, 0.05) is 0 Å². The first-order valence-corrected chi connectivity index (χ1v) is 6.96. The van der Waals surface area contributed by atoms with Gasteiger partial charge < -0.3 is 4.74 Å². The van der Waals surface area contributed by atoms with Crippen LogP contribution in [0.4, 0.5) is 5.69 Å². The van der Waals surface area contributed by atoms with Crippen molar-refractivity contribution in [3.05, 3.63) is 33.3 Å². The Hall–Kier alpha value is -1.29. The van der Waals surface area contributed by atoms with Crippen LogP contribution in [0.25, 0.3) is 0 Å². The van der Waals surface area contributed by atoms with Crippen molar-refractivity contribution in [3.8, 4) is 5.75 Å². The Morgan fingerprint density at radius 1 is 1.32 bits per heavy atom. The second kappa shape index (κ2) is 5.78. The van der Waals surface area contributed by atoms with Crippen molar-refractivity contribution in [2.24, 2.45) is 11.8 Å². The second-order valence-corrected chi connectivity index (χ2v) is 5.76. The van der Waals surface area contributed by atoms with Crippen molar-refractivity contribution in [2.75, 3.05) is 0 Å². The summed E-state index contributed by atoms with van der Waals surface area (Å²) in [6, 6.07) is 4.81. The molecule has 4 nitrogen and oxygen atoms in total. The van der Waals surface area contributed by atoms with E-state index in [-0.39, 0.29) is 22.6 Å². The molecule has 19 heavy (non-hydrogen) atoms. The maximum atomic E-state index is 11.0. The quantitative estimate of drug-likeness (QED) is 0.608. The standard InChI is InChI=1S/C14H18ClNO3/c1-9-6-7-11(8-10(9)2)19-13-5-3-4-12(15)14(13)16(17)18/h3-5,9-11H,6-8H2,1-2H3. The first-order chi connectivity index (χ1) is 8.99. The van der Waals surface area contributed by atoms with Crippen LogP contribution in [-0.2, 0) is 0 Å². The zero-order valence-corrected chi connectivity index (χ0v) is 11.9. The van der Waals surface area contributed by atoms with Crippen molar-refractivity contribution < 1.29 is 9.66 Å². The van der Waals surface area contributed by atoms with Crippen LogP contribution in [0.15, 0.2) is 18.2 Å². The normalized spacial score (nSPS) is 27.0. The van der Waals surface area contributed by atoms with Crippen molar-refractivity contribution in [3.63, 3.8) is 0 Å². The number of nitro benzene ring substituents is 1. The molecule has 3 atom stereocenters. The highest BCUT2D eigenvalue weighted by atomic mass is 35.5. The zero-order valence-electron chi connectivity index (χ0n) is 11.1. The summed E-state index contributed by atoms with van der Waals surface area (Å²) in [4.78, 5) is 10.6. The summed E-state index contributed by atoms with van der Waals surface area (Å²) in [6.45, 7) is 4.44. The van der Waals surface area contributed by atoms with Crippen molar-refractivity contribution in [1.82, 2.24) is 0 Å². The molecule has 3 unspecified atom stereocenters. The molecule has 0 amide bonds. The van der Waals surface area contributed by atoms with Gasteiger partial charge in [-0.3, -0.25) is 10.1 Å². The predicted molar refractivity (Wildman–Crippen MR) is 74.7 cm³/mol. The van der Waals surface area contributed by atoms with E-state index in [1.54, 1.807) is 12.1 Å². The fourth-order valence-electron chi connectivity index (χ4n) is 2.55. The lowest BCUT2D eigenvalue weighted by atomic mass is 9.80. The summed E-state index contributed by atoms with van der Waals surface area (Å²) in [5, 5.41) is 11.2. The van der Waals surface area contributed by atoms with Gasteiger partial charge in [0.2, 0.25) is 0 Å². The third-order valence-electron chi connectivity index (χ3n) is 3.98. The van der Waals surface area contributed by atoms with Crippen LogP contribution < -0.4 is 4.74 Å². The zero-order chi connectivity index (χ0) is 14.0. The number of benzene rings is 1. The third kappa shape index (κ3) is 3.18. The van der Waals surface area contributed by atoms with Crippen LogP contribution in [0.3, 0.4) is 0 Å². The lowest BCUT2D eigenvalue weighted by molar-refractivity contribution is -0.385. The molecular weight excluding hydrogens is 266 g/mol. The summed E-state index contributed by atoms with van der Waals surface area (Å²) in [5.74, 6) is 1.55. The molecule has 1 aliphatic carbocycles. The minimum atomic E-state index is -0.480. The van der Waals surface area contributed by atoms with Gasteiger partial charge in [0.05, 0.1) is 11.0 Å². The van der Waals surface area contributed by atoms with Crippen LogP contribution in [0.1, 0.15) is 33.1 Å². The molecule has 1 fully saturated rings. The molecule has 5 heteroatoms. The summed E-state index contributed by atoms with van der Waals surface area (Å²) in [5.41, 5.74) is -0.129. The van der Waals surface area contributed by atoms with E-state index in [9.17, 15) is 10.1 Å². The van der Waals surface area contributed by atoms with Gasteiger partial charge in [0.1, 0.15) is 5.02 Å². The monoisotopic (exact) mass is 283 g/mol. The molecule has 104 valence electrons. The van der Waals surface area contributed by atoms with Gasteiger partial charge in [0.15, 0.2) is 5.75 Å². The maximum absolute atomic E-state index is 11.0. The van der Waals surface area contributed by atoms with E-state index in [1.165, 1.54) is 6.07 Å². The van der Waals surface area contributed by atoms with E-state index in [0.29, 0.717) is 11.8 Å². The largest absolute Gasteiger partial charge is 0.483 e. The molecule has 2 rings (SSSR count). The number of ether oxygens (including phenoxy) is 1. The summed E-state index contributed by atoms with van der Waals surface area (Å²) in [6.07, 6.45) is 3.02. The highest BCUT2D eigenvalue weighted by Crippen LogP contribution is 2.38. The highest BCUT2D eigenvalue weighted by Gasteiger charge is 2.28. The minimum Gasteiger partial charge on any atom is -0.483 e. The van der Waals surface area contributed by atoms with E-state index in [4.69, 9.17) is 16.3 Å². The Labute approximate surface area is 117 Å². The number of nitro groups is 1. The Balaban J connectivity index is 2.15. The van der Waals surface area contributed by atoms with Gasteiger partial charge in [-0.25, -0.2) is 0 Å².